The van der Waals surface area contributed by atoms with E-state index in [0.717, 1.165) is 12.8 Å². The van der Waals surface area contributed by atoms with Crippen LogP contribution in [0.3, 0.4) is 0 Å². The van der Waals surface area contributed by atoms with Crippen LogP contribution in [-0.2, 0) is 14.6 Å². The Kier molecular flexibility index (Phi) is 7.80. The van der Waals surface area contributed by atoms with Crippen LogP contribution in [0, 0.1) is 0 Å². The number of ether oxygens (including phenoxy) is 3. The fraction of sp³-hybridized carbons (Fsp3) is 0.391. The van der Waals surface area contributed by atoms with Gasteiger partial charge in [0.1, 0.15) is 0 Å². The fourth-order valence-electron chi connectivity index (χ4n) is 3.82. The topological polar surface area (TPSA) is 120 Å². The van der Waals surface area contributed by atoms with Gasteiger partial charge in [-0.25, -0.2) is 8.42 Å². The van der Waals surface area contributed by atoms with E-state index in [1.807, 2.05) is 0 Å². The van der Waals surface area contributed by atoms with Gasteiger partial charge in [0.05, 0.1) is 38.0 Å². The molecule has 1 fully saturated rings. The van der Waals surface area contributed by atoms with Crippen molar-refractivity contribution in [3.8, 4) is 17.2 Å². The van der Waals surface area contributed by atoms with Gasteiger partial charge in [-0.2, -0.15) is 0 Å². The summed E-state index contributed by atoms with van der Waals surface area (Å²) in [6.45, 7) is -0.310. The Labute approximate surface area is 193 Å². The van der Waals surface area contributed by atoms with Crippen LogP contribution >= 0.6 is 0 Å². The molecule has 1 aliphatic rings. The van der Waals surface area contributed by atoms with Crippen LogP contribution in [0.2, 0.25) is 0 Å². The summed E-state index contributed by atoms with van der Waals surface area (Å²) in [5.74, 6) is -0.0339. The standard InChI is InChI=1S/C23H28N2O7S/c1-30-19-11-15(12-20(31-2)22(19)32-3)23(27)24-14-21(26)25-16-7-6-10-18(13-16)33(28,29)17-8-4-5-9-17/h6-7,10-13,17H,4-5,8-9,14H2,1-3H3,(H,24,27)(H,25,26). The highest BCUT2D eigenvalue weighted by molar-refractivity contribution is 7.92. The monoisotopic (exact) mass is 476 g/mol. The van der Waals surface area contributed by atoms with E-state index in [9.17, 15) is 18.0 Å². The van der Waals surface area contributed by atoms with Gasteiger partial charge >= 0.3 is 0 Å². The maximum absolute atomic E-state index is 12.8. The van der Waals surface area contributed by atoms with Crippen LogP contribution in [0.4, 0.5) is 5.69 Å². The number of anilines is 1. The van der Waals surface area contributed by atoms with Crippen LogP contribution in [-0.4, -0.2) is 53.4 Å². The molecule has 2 amide bonds. The minimum absolute atomic E-state index is 0.189. The molecule has 0 radical (unpaired) electrons. The quantitative estimate of drug-likeness (QED) is 0.571. The van der Waals surface area contributed by atoms with Crippen LogP contribution in [0.5, 0.6) is 17.2 Å². The molecular formula is C23H28N2O7S. The van der Waals surface area contributed by atoms with E-state index in [4.69, 9.17) is 14.2 Å². The number of rotatable bonds is 9. The number of methoxy groups -OCH3 is 3. The number of carbonyl (C=O) groups excluding carboxylic acids is 2. The predicted octanol–water partition coefficient (Wildman–Crippen LogP) is 2.80. The Bertz CT molecular complexity index is 1100. The average molecular weight is 477 g/mol. The summed E-state index contributed by atoms with van der Waals surface area (Å²) in [6, 6.07) is 9.14. The summed E-state index contributed by atoms with van der Waals surface area (Å²) in [4.78, 5) is 25.1. The Morgan fingerprint density at radius 1 is 0.970 bits per heavy atom. The first-order valence-electron chi connectivity index (χ1n) is 10.5. The Balaban J connectivity index is 1.65. The molecule has 2 N–H and O–H groups in total. The molecule has 10 heteroatoms. The SMILES string of the molecule is COc1cc(C(=O)NCC(=O)Nc2cccc(S(=O)(=O)C3CCCC3)c2)cc(OC)c1OC. The lowest BCUT2D eigenvalue weighted by molar-refractivity contribution is -0.115. The fourth-order valence-corrected chi connectivity index (χ4v) is 5.72. The molecule has 1 aliphatic carbocycles. The molecule has 2 aromatic rings. The molecular weight excluding hydrogens is 448 g/mol. The van der Waals surface area contributed by atoms with Gasteiger partial charge in [0.2, 0.25) is 11.7 Å². The van der Waals surface area contributed by atoms with E-state index in [1.54, 1.807) is 12.1 Å². The first-order valence-corrected chi connectivity index (χ1v) is 12.1. The van der Waals surface area contributed by atoms with Gasteiger partial charge in [0.25, 0.3) is 5.91 Å². The van der Waals surface area contributed by atoms with E-state index in [2.05, 4.69) is 10.6 Å². The summed E-state index contributed by atoms with van der Waals surface area (Å²) < 4.78 is 41.3. The molecule has 0 aromatic heterocycles. The van der Waals surface area contributed by atoms with Crippen molar-refractivity contribution in [3.63, 3.8) is 0 Å². The molecule has 9 nitrogen and oxygen atoms in total. The number of hydrogen-bond donors (Lipinski definition) is 2. The van der Waals surface area contributed by atoms with Gasteiger partial charge in [-0.05, 0) is 43.2 Å². The second-order valence-corrected chi connectivity index (χ2v) is 9.85. The van der Waals surface area contributed by atoms with Gasteiger partial charge in [-0.1, -0.05) is 18.9 Å². The summed E-state index contributed by atoms with van der Waals surface area (Å²) >= 11 is 0. The third-order valence-electron chi connectivity index (χ3n) is 5.52. The smallest absolute Gasteiger partial charge is 0.251 e. The van der Waals surface area contributed by atoms with Gasteiger partial charge in [0, 0.05) is 11.3 Å². The molecule has 0 spiro atoms. The zero-order valence-corrected chi connectivity index (χ0v) is 19.7. The first kappa shape index (κ1) is 24.4. The normalized spacial score (nSPS) is 13.9. The number of amides is 2. The molecule has 0 heterocycles. The highest BCUT2D eigenvalue weighted by Gasteiger charge is 2.30. The molecule has 3 rings (SSSR count). The maximum atomic E-state index is 12.8. The molecule has 0 unspecified atom stereocenters. The van der Waals surface area contributed by atoms with Crippen molar-refractivity contribution >= 4 is 27.3 Å². The summed E-state index contributed by atoms with van der Waals surface area (Å²) in [5.41, 5.74) is 0.572. The van der Waals surface area contributed by atoms with E-state index in [-0.39, 0.29) is 22.3 Å². The van der Waals surface area contributed by atoms with Crippen molar-refractivity contribution in [1.29, 1.82) is 0 Å². The minimum Gasteiger partial charge on any atom is -0.493 e. The minimum atomic E-state index is -3.43. The zero-order chi connectivity index (χ0) is 24.0. The molecule has 33 heavy (non-hydrogen) atoms. The summed E-state index contributed by atoms with van der Waals surface area (Å²) in [5, 5.41) is 4.78. The number of nitrogens with one attached hydrogen (secondary N) is 2. The second-order valence-electron chi connectivity index (χ2n) is 7.62. The molecule has 0 aliphatic heterocycles. The second kappa shape index (κ2) is 10.6. The van der Waals surface area contributed by atoms with E-state index < -0.39 is 21.7 Å². The van der Waals surface area contributed by atoms with Crippen LogP contribution < -0.4 is 24.8 Å². The van der Waals surface area contributed by atoms with Crippen molar-refractivity contribution < 1.29 is 32.2 Å². The van der Waals surface area contributed by atoms with Crippen LogP contribution in [0.25, 0.3) is 0 Å². The Hall–Kier alpha value is -3.27. The van der Waals surface area contributed by atoms with Gasteiger partial charge in [-0.15, -0.1) is 0 Å². The third-order valence-corrected chi connectivity index (χ3v) is 7.78. The van der Waals surface area contributed by atoms with E-state index >= 15 is 0 Å². The summed E-state index contributed by atoms with van der Waals surface area (Å²) in [6.07, 6.45) is 3.13. The predicted molar refractivity (Wildman–Crippen MR) is 123 cm³/mol. The Morgan fingerprint density at radius 2 is 1.61 bits per heavy atom. The van der Waals surface area contributed by atoms with Gasteiger partial charge < -0.3 is 24.8 Å². The average Bonchev–Trinajstić information content (AvgIpc) is 3.37. The lowest BCUT2D eigenvalue weighted by Crippen LogP contribution is -2.33. The number of sulfone groups is 1. The van der Waals surface area contributed by atoms with Crippen molar-refractivity contribution in [3.05, 3.63) is 42.0 Å². The zero-order valence-electron chi connectivity index (χ0n) is 18.8. The van der Waals surface area contributed by atoms with E-state index in [0.29, 0.717) is 35.8 Å². The number of benzene rings is 2. The first-order chi connectivity index (χ1) is 15.8. The van der Waals surface area contributed by atoms with Crippen molar-refractivity contribution in [1.82, 2.24) is 5.32 Å². The lowest BCUT2D eigenvalue weighted by atomic mass is 10.1. The molecule has 1 saturated carbocycles. The van der Waals surface area contributed by atoms with Crippen LogP contribution in [0.1, 0.15) is 36.0 Å². The number of carbonyl (C=O) groups is 2. The summed E-state index contributed by atoms with van der Waals surface area (Å²) in [7, 11) is 0.900. The number of hydrogen-bond acceptors (Lipinski definition) is 7. The molecule has 0 bridgehead atoms. The largest absolute Gasteiger partial charge is 0.493 e. The van der Waals surface area contributed by atoms with Crippen molar-refractivity contribution in [2.24, 2.45) is 0 Å². The highest BCUT2D eigenvalue weighted by atomic mass is 32.2. The van der Waals surface area contributed by atoms with Crippen molar-refractivity contribution in [2.45, 2.75) is 35.8 Å². The molecule has 0 saturated heterocycles. The van der Waals surface area contributed by atoms with Crippen molar-refractivity contribution in [2.75, 3.05) is 33.2 Å². The lowest BCUT2D eigenvalue weighted by Gasteiger charge is -2.14. The highest BCUT2D eigenvalue weighted by Crippen LogP contribution is 2.38. The van der Waals surface area contributed by atoms with E-state index in [1.165, 1.54) is 45.6 Å². The molecule has 178 valence electrons. The molecule has 0 atom stereocenters. The Morgan fingerprint density at radius 3 is 2.18 bits per heavy atom. The molecule has 2 aromatic carbocycles. The van der Waals surface area contributed by atoms with Gasteiger partial charge in [0.15, 0.2) is 21.3 Å². The van der Waals surface area contributed by atoms with Crippen LogP contribution in [0.15, 0.2) is 41.3 Å². The van der Waals surface area contributed by atoms with Gasteiger partial charge in [-0.3, -0.25) is 9.59 Å². The third kappa shape index (κ3) is 5.57. The maximum Gasteiger partial charge on any atom is 0.251 e.